The van der Waals surface area contributed by atoms with Gasteiger partial charge in [-0.2, -0.15) is 0 Å². The molecule has 28 heavy (non-hydrogen) atoms. The van der Waals surface area contributed by atoms with Gasteiger partial charge in [0, 0.05) is 31.2 Å². The Kier molecular flexibility index (Phi) is 6.36. The van der Waals surface area contributed by atoms with E-state index < -0.39 is 0 Å². The summed E-state index contributed by atoms with van der Waals surface area (Å²) in [5.41, 5.74) is 1.64. The van der Waals surface area contributed by atoms with E-state index in [-0.39, 0.29) is 17.0 Å². The van der Waals surface area contributed by atoms with Crippen LogP contribution in [0.4, 0.5) is 4.39 Å². The maximum Gasteiger partial charge on any atom is 0.235 e. The molecule has 1 heterocycles. The molecule has 0 spiro atoms. The molecule has 0 saturated heterocycles. The number of hydrogen-bond acceptors (Lipinski definition) is 4. The Morgan fingerprint density at radius 2 is 1.96 bits per heavy atom. The topological polar surface area (TPSA) is 51.0 Å². The number of amides is 1. The largest absolute Gasteiger partial charge is 0.340 e. The zero-order chi connectivity index (χ0) is 20.3. The van der Waals surface area contributed by atoms with Crippen molar-refractivity contribution in [1.29, 1.82) is 0 Å². The van der Waals surface area contributed by atoms with E-state index >= 15 is 0 Å². The number of carbonyl (C=O) groups is 1. The monoisotopic (exact) mass is 418 g/mol. The van der Waals surface area contributed by atoms with Gasteiger partial charge in [-0.05, 0) is 48.9 Å². The molecule has 0 aliphatic heterocycles. The molecule has 3 rings (SSSR count). The van der Waals surface area contributed by atoms with Gasteiger partial charge in [-0.15, -0.1) is 10.2 Å². The molecule has 146 valence electrons. The van der Waals surface area contributed by atoms with Gasteiger partial charge in [0.2, 0.25) is 5.91 Å². The van der Waals surface area contributed by atoms with Crippen LogP contribution in [-0.2, 0) is 18.4 Å². The first kappa shape index (κ1) is 20.4. The number of rotatable bonds is 6. The van der Waals surface area contributed by atoms with E-state index in [4.69, 9.17) is 11.6 Å². The van der Waals surface area contributed by atoms with Crippen LogP contribution in [0, 0.1) is 5.82 Å². The molecule has 1 atom stereocenters. The molecular formula is C20H20ClFN4OS. The first-order valence-corrected chi connectivity index (χ1v) is 9.92. The predicted molar refractivity (Wildman–Crippen MR) is 110 cm³/mol. The minimum atomic E-state index is -0.362. The van der Waals surface area contributed by atoms with Gasteiger partial charge in [-0.1, -0.05) is 35.5 Å². The second-order valence-corrected chi connectivity index (χ2v) is 8.20. The number of aromatic nitrogens is 3. The van der Waals surface area contributed by atoms with Crippen molar-refractivity contribution < 1.29 is 9.18 Å². The van der Waals surface area contributed by atoms with Crippen LogP contribution in [0.5, 0.6) is 0 Å². The number of benzene rings is 2. The highest BCUT2D eigenvalue weighted by atomic mass is 35.5. The molecule has 8 heteroatoms. The van der Waals surface area contributed by atoms with E-state index in [0.29, 0.717) is 22.5 Å². The summed E-state index contributed by atoms with van der Waals surface area (Å²) in [6.45, 7) is 2.17. The predicted octanol–water partition coefficient (Wildman–Crippen LogP) is 4.41. The Morgan fingerprint density at radius 3 is 2.64 bits per heavy atom. The van der Waals surface area contributed by atoms with Crippen molar-refractivity contribution in [3.63, 3.8) is 0 Å². The Bertz CT molecular complexity index is 977. The quantitative estimate of drug-likeness (QED) is 0.556. The molecule has 0 radical (unpaired) electrons. The van der Waals surface area contributed by atoms with Crippen LogP contribution in [0.3, 0.4) is 0 Å². The van der Waals surface area contributed by atoms with Crippen LogP contribution in [-0.4, -0.2) is 37.9 Å². The molecule has 1 unspecified atom stereocenters. The van der Waals surface area contributed by atoms with Crippen molar-refractivity contribution in [2.45, 2.75) is 23.9 Å². The molecule has 0 fully saturated rings. The third kappa shape index (κ3) is 4.72. The summed E-state index contributed by atoms with van der Waals surface area (Å²) >= 11 is 7.27. The highest BCUT2D eigenvalue weighted by Crippen LogP contribution is 2.27. The highest BCUT2D eigenvalue weighted by molar-refractivity contribution is 8.00. The average molecular weight is 419 g/mol. The Hall–Kier alpha value is -2.38. The fourth-order valence-electron chi connectivity index (χ4n) is 2.77. The normalized spacial score (nSPS) is 12.0. The maximum absolute atomic E-state index is 13.3. The summed E-state index contributed by atoms with van der Waals surface area (Å²) in [6, 6.07) is 13.6. The number of thioether (sulfide) groups is 1. The lowest BCUT2D eigenvalue weighted by Gasteiger charge is -2.21. The molecule has 1 amide bonds. The van der Waals surface area contributed by atoms with E-state index in [1.54, 1.807) is 36.2 Å². The Morgan fingerprint density at radius 1 is 1.25 bits per heavy atom. The van der Waals surface area contributed by atoms with Crippen LogP contribution in [0.25, 0.3) is 11.4 Å². The van der Waals surface area contributed by atoms with E-state index in [1.165, 1.54) is 23.9 Å². The third-order valence-electron chi connectivity index (χ3n) is 4.25. The maximum atomic E-state index is 13.3. The first-order valence-electron chi connectivity index (χ1n) is 8.66. The van der Waals surface area contributed by atoms with Gasteiger partial charge < -0.3 is 9.47 Å². The third-order valence-corrected chi connectivity index (χ3v) is 5.63. The number of carbonyl (C=O) groups excluding carboxylic acids is 1. The van der Waals surface area contributed by atoms with Gasteiger partial charge in [-0.3, -0.25) is 4.79 Å². The lowest BCUT2D eigenvalue weighted by molar-refractivity contribution is -0.129. The zero-order valence-corrected chi connectivity index (χ0v) is 17.3. The van der Waals surface area contributed by atoms with Gasteiger partial charge in [0.15, 0.2) is 11.0 Å². The van der Waals surface area contributed by atoms with Crippen molar-refractivity contribution in [2.24, 2.45) is 7.05 Å². The van der Waals surface area contributed by atoms with Crippen LogP contribution >= 0.6 is 23.4 Å². The summed E-state index contributed by atoms with van der Waals surface area (Å²) in [7, 11) is 3.57. The molecule has 0 aliphatic carbocycles. The molecule has 2 aromatic carbocycles. The van der Waals surface area contributed by atoms with Crippen molar-refractivity contribution in [3.8, 4) is 11.4 Å². The molecule has 3 aromatic rings. The minimum absolute atomic E-state index is 0.0645. The molecule has 1 aromatic heterocycles. The van der Waals surface area contributed by atoms with E-state index in [1.807, 2.05) is 30.7 Å². The van der Waals surface area contributed by atoms with E-state index in [2.05, 4.69) is 10.2 Å². The fourth-order valence-corrected chi connectivity index (χ4v) is 3.83. The smallest absolute Gasteiger partial charge is 0.235 e. The van der Waals surface area contributed by atoms with Crippen molar-refractivity contribution in [3.05, 3.63) is 64.9 Å². The summed E-state index contributed by atoms with van der Waals surface area (Å²) < 4.78 is 15.2. The lowest BCUT2D eigenvalue weighted by Crippen LogP contribution is -2.33. The molecular weight excluding hydrogens is 399 g/mol. The fraction of sp³-hybridized carbons (Fsp3) is 0.250. The first-order chi connectivity index (χ1) is 13.3. The molecule has 0 bridgehead atoms. The van der Waals surface area contributed by atoms with Crippen LogP contribution in [0.15, 0.2) is 53.7 Å². The second kappa shape index (κ2) is 8.75. The second-order valence-electron chi connectivity index (χ2n) is 6.46. The number of halogens is 2. The molecule has 5 nitrogen and oxygen atoms in total. The molecule has 0 aliphatic rings. The summed E-state index contributed by atoms with van der Waals surface area (Å²) in [6.07, 6.45) is 0. The van der Waals surface area contributed by atoms with Crippen LogP contribution in [0.1, 0.15) is 12.5 Å². The van der Waals surface area contributed by atoms with Crippen LogP contribution < -0.4 is 0 Å². The standard InChI is InChI=1S/C20H20ClFN4OS/c1-13(19(27)25(2)12-14-5-4-6-17(22)11-14)28-20-24-23-18(26(20)3)15-7-9-16(21)10-8-15/h4-11,13H,12H2,1-3H3. The van der Waals surface area contributed by atoms with Gasteiger partial charge in [-0.25, -0.2) is 4.39 Å². The molecule has 0 N–H and O–H groups in total. The van der Waals surface area contributed by atoms with Crippen molar-refractivity contribution in [1.82, 2.24) is 19.7 Å². The summed E-state index contributed by atoms with van der Waals surface area (Å²) in [5.74, 6) is 0.326. The van der Waals surface area contributed by atoms with Gasteiger partial charge in [0.25, 0.3) is 0 Å². The van der Waals surface area contributed by atoms with E-state index in [9.17, 15) is 9.18 Å². The average Bonchev–Trinajstić information content (AvgIpc) is 3.02. The van der Waals surface area contributed by atoms with Gasteiger partial charge >= 0.3 is 0 Å². The summed E-state index contributed by atoms with van der Waals surface area (Å²) in [4.78, 5) is 14.3. The number of nitrogens with zero attached hydrogens (tertiary/aromatic N) is 4. The number of hydrogen-bond donors (Lipinski definition) is 0. The lowest BCUT2D eigenvalue weighted by atomic mass is 10.2. The van der Waals surface area contributed by atoms with Crippen molar-refractivity contribution >= 4 is 29.3 Å². The molecule has 0 saturated carbocycles. The summed E-state index contributed by atoms with van der Waals surface area (Å²) in [5, 5.41) is 9.38. The van der Waals surface area contributed by atoms with E-state index in [0.717, 1.165) is 11.1 Å². The Labute approximate surface area is 172 Å². The minimum Gasteiger partial charge on any atom is -0.340 e. The zero-order valence-electron chi connectivity index (χ0n) is 15.8. The van der Waals surface area contributed by atoms with Crippen LogP contribution in [0.2, 0.25) is 5.02 Å². The van der Waals surface area contributed by atoms with Crippen molar-refractivity contribution in [2.75, 3.05) is 7.05 Å². The Balaban J connectivity index is 1.67. The highest BCUT2D eigenvalue weighted by Gasteiger charge is 2.22. The van der Waals surface area contributed by atoms with Gasteiger partial charge in [0.1, 0.15) is 5.82 Å². The van der Waals surface area contributed by atoms with Gasteiger partial charge in [0.05, 0.1) is 5.25 Å². The SMILES string of the molecule is CC(Sc1nnc(-c2ccc(Cl)cc2)n1C)C(=O)N(C)Cc1cccc(F)c1.